The van der Waals surface area contributed by atoms with Crippen LogP contribution < -0.4 is 20.1 Å². The molecule has 0 aliphatic carbocycles. The third-order valence-electron chi connectivity index (χ3n) is 9.28. The number of hydrogen-bond acceptors (Lipinski definition) is 8. The van der Waals surface area contributed by atoms with Crippen LogP contribution in [0.3, 0.4) is 0 Å². The number of hydrogen-bond donors (Lipinski definition) is 1. The van der Waals surface area contributed by atoms with E-state index in [1.807, 2.05) is 11.8 Å². The molecule has 230 valence electrons. The van der Waals surface area contributed by atoms with Crippen molar-refractivity contribution < 1.29 is 31.4 Å². The van der Waals surface area contributed by atoms with Gasteiger partial charge < -0.3 is 20.1 Å². The maximum Gasteiger partial charge on any atom is 0.418 e. The second-order valence-corrected chi connectivity index (χ2v) is 12.5. The van der Waals surface area contributed by atoms with Crippen LogP contribution in [0.15, 0.2) is 12.1 Å². The van der Waals surface area contributed by atoms with Gasteiger partial charge in [0.2, 0.25) is 5.88 Å². The highest BCUT2D eigenvalue weighted by molar-refractivity contribution is 6.32. The predicted molar refractivity (Wildman–Crippen MR) is 151 cm³/mol. The van der Waals surface area contributed by atoms with Crippen LogP contribution in [0.1, 0.15) is 51.0 Å². The Morgan fingerprint density at radius 1 is 1.19 bits per heavy atom. The first-order valence-electron chi connectivity index (χ1n) is 14.5. The van der Waals surface area contributed by atoms with Gasteiger partial charge in [-0.3, -0.25) is 4.90 Å². The van der Waals surface area contributed by atoms with Gasteiger partial charge in [0.15, 0.2) is 5.82 Å². The summed E-state index contributed by atoms with van der Waals surface area (Å²) in [5.74, 6) is -0.853. The van der Waals surface area contributed by atoms with Gasteiger partial charge >= 0.3 is 12.2 Å². The van der Waals surface area contributed by atoms with E-state index in [0.717, 1.165) is 50.8 Å². The molecule has 7 rings (SSSR count). The summed E-state index contributed by atoms with van der Waals surface area (Å²) in [6.45, 7) is 3.39. The minimum absolute atomic E-state index is 0.0117. The fraction of sp³-hybridized carbons (Fsp3) is 0.552. The number of alkyl halides is 4. The van der Waals surface area contributed by atoms with Gasteiger partial charge in [-0.15, -0.1) is 0 Å². The van der Waals surface area contributed by atoms with Crippen molar-refractivity contribution in [3.05, 3.63) is 28.5 Å². The van der Waals surface area contributed by atoms with Crippen LogP contribution in [0.2, 0.25) is 5.02 Å². The average molecular weight is 625 g/mol. The van der Waals surface area contributed by atoms with Crippen LogP contribution >= 0.6 is 11.6 Å². The number of nitrogen functional groups attached to an aromatic ring is 1. The number of aromatic nitrogens is 3. The van der Waals surface area contributed by atoms with Gasteiger partial charge in [-0.25, -0.2) is 13.8 Å². The Labute approximate surface area is 249 Å². The molecule has 8 nitrogen and oxygen atoms in total. The smallest absolute Gasteiger partial charge is 0.418 e. The van der Waals surface area contributed by atoms with Crippen LogP contribution in [0.4, 0.5) is 33.5 Å². The fourth-order valence-corrected chi connectivity index (χ4v) is 7.73. The van der Waals surface area contributed by atoms with E-state index in [1.54, 1.807) is 0 Å². The van der Waals surface area contributed by atoms with Gasteiger partial charge in [0.25, 0.3) is 0 Å². The van der Waals surface area contributed by atoms with E-state index in [-0.39, 0.29) is 53.8 Å². The van der Waals surface area contributed by atoms with Gasteiger partial charge in [-0.05, 0) is 57.7 Å². The summed E-state index contributed by atoms with van der Waals surface area (Å²) in [5, 5.41) is -0.532. The van der Waals surface area contributed by atoms with Gasteiger partial charge in [-0.1, -0.05) is 11.6 Å². The molecule has 0 bridgehead atoms. The Morgan fingerprint density at radius 3 is 2.79 bits per heavy atom. The highest BCUT2D eigenvalue weighted by Crippen LogP contribution is 2.47. The second-order valence-electron chi connectivity index (χ2n) is 12.1. The quantitative estimate of drug-likeness (QED) is 0.272. The normalized spacial score (nSPS) is 27.1. The molecule has 0 amide bonds. The third kappa shape index (κ3) is 4.70. The van der Waals surface area contributed by atoms with E-state index in [1.165, 1.54) is 0 Å². The Bertz CT molecular complexity index is 1610. The van der Waals surface area contributed by atoms with Crippen molar-refractivity contribution >= 4 is 34.0 Å². The van der Waals surface area contributed by atoms with E-state index >= 15 is 4.39 Å². The summed E-state index contributed by atoms with van der Waals surface area (Å²) >= 11 is 5.99. The average Bonchev–Trinajstić information content (AvgIpc) is 3.40. The van der Waals surface area contributed by atoms with E-state index in [2.05, 4.69) is 14.9 Å². The lowest BCUT2D eigenvalue weighted by molar-refractivity contribution is -0.137. The molecule has 14 heteroatoms. The van der Waals surface area contributed by atoms with E-state index in [0.29, 0.717) is 18.8 Å². The molecule has 0 radical (unpaired) electrons. The molecule has 4 aliphatic heterocycles. The zero-order chi connectivity index (χ0) is 30.3. The highest BCUT2D eigenvalue weighted by atomic mass is 35.5. The Kier molecular flexibility index (Phi) is 6.77. The monoisotopic (exact) mass is 624 g/mol. The molecule has 6 heterocycles. The lowest BCUT2D eigenvalue weighted by Gasteiger charge is -2.40. The van der Waals surface area contributed by atoms with Crippen molar-refractivity contribution in [1.29, 1.82) is 0 Å². The van der Waals surface area contributed by atoms with Crippen molar-refractivity contribution in [2.24, 2.45) is 0 Å². The minimum atomic E-state index is -4.93. The maximum atomic E-state index is 16.6. The van der Waals surface area contributed by atoms with Crippen molar-refractivity contribution in [3.63, 3.8) is 0 Å². The summed E-state index contributed by atoms with van der Waals surface area (Å²) in [6.07, 6.45) is -1.37. The van der Waals surface area contributed by atoms with Crippen molar-refractivity contribution in [2.45, 2.75) is 75.4 Å². The lowest BCUT2D eigenvalue weighted by Crippen LogP contribution is -2.48. The first-order chi connectivity index (χ1) is 20.4. The van der Waals surface area contributed by atoms with E-state index in [9.17, 15) is 17.6 Å². The summed E-state index contributed by atoms with van der Waals surface area (Å²) < 4.78 is 85.7. The summed E-state index contributed by atoms with van der Waals surface area (Å²) in [5.41, 5.74) is 2.41. The van der Waals surface area contributed by atoms with Crippen molar-refractivity contribution in [1.82, 2.24) is 19.9 Å². The van der Waals surface area contributed by atoms with Crippen LogP contribution in [-0.2, 0) is 6.18 Å². The summed E-state index contributed by atoms with van der Waals surface area (Å²) in [6, 6.07) is 1.68. The number of ether oxygens (including phenoxy) is 2. The maximum absolute atomic E-state index is 16.6. The molecule has 3 saturated heterocycles. The molecular formula is C29H30ClF5N6O2. The molecule has 2 N–H and O–H groups in total. The highest BCUT2D eigenvalue weighted by Gasteiger charge is 2.49. The zero-order valence-corrected chi connectivity index (χ0v) is 24.1. The van der Waals surface area contributed by atoms with E-state index < -0.39 is 45.5 Å². The standard InChI is InChI=1S/C29H30ClF5N6O2/c1-14-4-2-5-17-12-42-26-20-24(22(32)23(37-26)18-8-16(36)9-19(30)21(18)29(33,34)35)38-27(39-25(20)41(14)17)43-13-28-6-3-7-40(28)11-15(31)10-28/h8-9,14-15,17H,2-7,10-13,36H2,1H3/t14?,15-,17+,28+/m1/s1. The molecule has 1 unspecified atom stereocenters. The SMILES string of the molecule is CC1CCC[C@H]2COc3nc(-c4cc(N)cc(Cl)c4C(F)(F)F)c(F)c4nc(OC[C@@]56CCCN5C[C@H](F)C6)nc(c34)N12. The molecule has 4 aliphatic rings. The number of rotatable bonds is 4. The molecular weight excluding hydrogens is 595 g/mol. The van der Waals surface area contributed by atoms with Gasteiger partial charge in [0.1, 0.15) is 41.8 Å². The Balaban J connectivity index is 1.42. The first kappa shape index (κ1) is 28.6. The Hall–Kier alpha value is -3.19. The Morgan fingerprint density at radius 2 is 2.00 bits per heavy atom. The van der Waals surface area contributed by atoms with Crippen molar-refractivity contribution in [3.8, 4) is 23.1 Å². The molecule has 1 aromatic carbocycles. The largest absolute Gasteiger partial charge is 0.475 e. The number of nitrogens with zero attached hydrogens (tertiary/aromatic N) is 5. The lowest BCUT2D eigenvalue weighted by atomic mass is 9.95. The van der Waals surface area contributed by atoms with Crippen molar-refractivity contribution in [2.75, 3.05) is 36.9 Å². The number of anilines is 2. The van der Waals surface area contributed by atoms with Gasteiger partial charge in [0.05, 0.1) is 22.2 Å². The van der Waals surface area contributed by atoms with Gasteiger partial charge in [-0.2, -0.15) is 23.1 Å². The summed E-state index contributed by atoms with van der Waals surface area (Å²) in [7, 11) is 0. The fourth-order valence-electron chi connectivity index (χ4n) is 7.40. The van der Waals surface area contributed by atoms with Crippen LogP contribution in [0, 0.1) is 5.82 Å². The topological polar surface area (TPSA) is 89.6 Å². The first-order valence-corrected chi connectivity index (χ1v) is 14.8. The minimum Gasteiger partial charge on any atom is -0.475 e. The zero-order valence-electron chi connectivity index (χ0n) is 23.4. The van der Waals surface area contributed by atoms with E-state index in [4.69, 9.17) is 31.8 Å². The number of halogens is 6. The molecule has 3 aromatic rings. The molecule has 3 fully saturated rings. The number of piperidine rings is 1. The van der Waals surface area contributed by atoms with Crippen LogP contribution in [0.25, 0.3) is 22.2 Å². The number of nitrogens with two attached hydrogens (primary N) is 1. The molecule has 0 spiro atoms. The molecule has 0 saturated carbocycles. The van der Waals surface area contributed by atoms with Gasteiger partial charge in [0, 0.05) is 30.3 Å². The predicted octanol–water partition coefficient (Wildman–Crippen LogP) is 6.18. The number of pyridine rings is 1. The van der Waals surface area contributed by atoms with Crippen LogP contribution in [-0.4, -0.2) is 69.9 Å². The third-order valence-corrected chi connectivity index (χ3v) is 9.58. The summed E-state index contributed by atoms with van der Waals surface area (Å²) in [4.78, 5) is 17.5. The molecule has 4 atom stereocenters. The number of benzene rings is 1. The van der Waals surface area contributed by atoms with Crippen LogP contribution in [0.5, 0.6) is 11.9 Å². The number of fused-ring (bicyclic) bond motifs is 3. The molecule has 43 heavy (non-hydrogen) atoms. The molecule has 2 aromatic heterocycles. The second kappa shape index (κ2) is 10.2.